The maximum Gasteiger partial charge on any atom is 0.410 e. The molecule has 6 nitrogen and oxygen atoms in total. The minimum atomic E-state index is -1.21. The molecule has 0 spiro atoms. The lowest BCUT2D eigenvalue weighted by molar-refractivity contribution is 0.0968. The first-order valence-electron chi connectivity index (χ1n) is 6.84. The second kappa shape index (κ2) is 7.50. The topological polar surface area (TPSA) is 78.3 Å². The number of hydrogen-bond donors (Lipinski definition) is 0. The molecule has 1 aliphatic heterocycles. The summed E-state index contributed by atoms with van der Waals surface area (Å²) in [7, 11) is 0. The van der Waals surface area contributed by atoms with Crippen molar-refractivity contribution in [2.45, 2.75) is 31.7 Å². The molecule has 0 saturated carbocycles. The van der Waals surface area contributed by atoms with Gasteiger partial charge in [-0.1, -0.05) is 35.4 Å². The van der Waals surface area contributed by atoms with Gasteiger partial charge in [0.05, 0.1) is 6.04 Å². The highest BCUT2D eigenvalue weighted by molar-refractivity contribution is 5.67. The molecule has 21 heavy (non-hydrogen) atoms. The number of carbonyl (C=O) groups is 1. The molecule has 1 aromatic rings. The van der Waals surface area contributed by atoms with Gasteiger partial charge in [0.2, 0.25) is 0 Å². The predicted molar refractivity (Wildman–Crippen MR) is 75.3 cm³/mol. The largest absolute Gasteiger partial charge is 0.445 e. The van der Waals surface area contributed by atoms with Crippen LogP contribution in [0.5, 0.6) is 0 Å². The summed E-state index contributed by atoms with van der Waals surface area (Å²) in [5.41, 5.74) is 9.30. The van der Waals surface area contributed by atoms with Crippen LogP contribution in [0, 0.1) is 0 Å². The number of carbonyl (C=O) groups excluding carboxylic acids is 1. The Hall–Kier alpha value is -2.27. The number of likely N-dealkylation sites (tertiary alicyclic amines) is 1. The van der Waals surface area contributed by atoms with Crippen LogP contribution in [0.3, 0.4) is 0 Å². The normalized spacial score (nSPS) is 22.0. The molecule has 0 N–H and O–H groups in total. The van der Waals surface area contributed by atoms with Gasteiger partial charge in [-0.2, -0.15) is 0 Å². The summed E-state index contributed by atoms with van der Waals surface area (Å²) in [5, 5.41) is 3.44. The van der Waals surface area contributed by atoms with E-state index in [2.05, 4.69) is 10.0 Å². The molecule has 2 atom stereocenters. The summed E-state index contributed by atoms with van der Waals surface area (Å²) < 4.78 is 19.0. The van der Waals surface area contributed by atoms with Gasteiger partial charge in [-0.05, 0) is 23.9 Å². The number of ether oxygens (including phenoxy) is 1. The number of alkyl halides is 1. The monoisotopic (exact) mass is 292 g/mol. The fraction of sp³-hybridized carbons (Fsp3) is 0.500. The van der Waals surface area contributed by atoms with Crippen molar-refractivity contribution in [3.05, 3.63) is 46.3 Å². The zero-order valence-corrected chi connectivity index (χ0v) is 11.6. The first-order valence-corrected chi connectivity index (χ1v) is 6.84. The lowest BCUT2D eigenvalue weighted by atomic mass is 10.1. The van der Waals surface area contributed by atoms with Crippen molar-refractivity contribution in [1.29, 1.82) is 0 Å². The second-order valence-electron chi connectivity index (χ2n) is 4.89. The molecule has 1 aliphatic rings. The van der Waals surface area contributed by atoms with Crippen LogP contribution in [-0.4, -0.2) is 36.3 Å². The van der Waals surface area contributed by atoms with E-state index in [1.165, 1.54) is 4.90 Å². The lowest BCUT2D eigenvalue weighted by Crippen LogP contribution is -2.32. The smallest absolute Gasteiger partial charge is 0.410 e. The van der Waals surface area contributed by atoms with Crippen molar-refractivity contribution in [3.8, 4) is 0 Å². The number of benzene rings is 1. The molecule has 0 aliphatic carbocycles. The van der Waals surface area contributed by atoms with Crippen LogP contribution < -0.4 is 0 Å². The third kappa shape index (κ3) is 4.36. The maximum atomic E-state index is 13.7. The van der Waals surface area contributed by atoms with Gasteiger partial charge >= 0.3 is 6.09 Å². The SMILES string of the molecule is [N-]=[N+]=NC1CCN(C(=O)OCc2ccccc2)CCC1F. The molecular weight excluding hydrogens is 275 g/mol. The van der Waals surface area contributed by atoms with Gasteiger partial charge in [-0.3, -0.25) is 0 Å². The molecule has 2 rings (SSSR count). The van der Waals surface area contributed by atoms with E-state index in [4.69, 9.17) is 10.3 Å². The van der Waals surface area contributed by atoms with Gasteiger partial charge in [0.15, 0.2) is 0 Å². The molecule has 0 radical (unpaired) electrons. The van der Waals surface area contributed by atoms with Crippen LogP contribution in [0.15, 0.2) is 35.4 Å². The van der Waals surface area contributed by atoms with Gasteiger partial charge in [0.25, 0.3) is 0 Å². The fourth-order valence-electron chi connectivity index (χ4n) is 2.24. The summed E-state index contributed by atoms with van der Waals surface area (Å²) in [6.45, 7) is 0.791. The molecular formula is C14H17FN4O2. The van der Waals surface area contributed by atoms with E-state index >= 15 is 0 Å². The van der Waals surface area contributed by atoms with Crippen molar-refractivity contribution in [2.75, 3.05) is 13.1 Å². The van der Waals surface area contributed by atoms with Crippen LogP contribution in [0.25, 0.3) is 10.4 Å². The van der Waals surface area contributed by atoms with E-state index in [1.54, 1.807) is 0 Å². The first kappa shape index (κ1) is 15.1. The van der Waals surface area contributed by atoms with Crippen LogP contribution in [-0.2, 0) is 11.3 Å². The van der Waals surface area contributed by atoms with Crippen molar-refractivity contribution < 1.29 is 13.9 Å². The van der Waals surface area contributed by atoms with Crippen molar-refractivity contribution in [1.82, 2.24) is 4.90 Å². The summed E-state index contributed by atoms with van der Waals surface area (Å²) in [6, 6.07) is 8.65. The molecule has 1 amide bonds. The fourth-order valence-corrected chi connectivity index (χ4v) is 2.24. The number of halogens is 1. The molecule has 1 aromatic carbocycles. The number of hydrogen-bond acceptors (Lipinski definition) is 3. The first-order chi connectivity index (χ1) is 10.2. The highest BCUT2D eigenvalue weighted by Gasteiger charge is 2.28. The molecule has 1 heterocycles. The molecule has 0 bridgehead atoms. The Bertz CT molecular complexity index is 519. The Morgan fingerprint density at radius 2 is 2.10 bits per heavy atom. The van der Waals surface area contributed by atoms with Gasteiger partial charge in [0.1, 0.15) is 12.8 Å². The van der Waals surface area contributed by atoms with Crippen molar-refractivity contribution >= 4 is 6.09 Å². The van der Waals surface area contributed by atoms with E-state index in [1.807, 2.05) is 30.3 Å². The number of nitrogens with zero attached hydrogens (tertiary/aromatic N) is 4. The van der Waals surface area contributed by atoms with Gasteiger partial charge < -0.3 is 9.64 Å². The molecule has 1 saturated heterocycles. The Balaban J connectivity index is 1.87. The quantitative estimate of drug-likeness (QED) is 0.486. The van der Waals surface area contributed by atoms with Crippen LogP contribution in [0.4, 0.5) is 9.18 Å². The molecule has 7 heteroatoms. The van der Waals surface area contributed by atoms with Crippen LogP contribution in [0.1, 0.15) is 18.4 Å². The van der Waals surface area contributed by atoms with Gasteiger partial charge in [-0.25, -0.2) is 9.18 Å². The zero-order valence-electron chi connectivity index (χ0n) is 11.6. The second-order valence-corrected chi connectivity index (χ2v) is 4.89. The minimum absolute atomic E-state index is 0.157. The van der Waals surface area contributed by atoms with E-state index in [9.17, 15) is 9.18 Å². The van der Waals surface area contributed by atoms with E-state index in [0.29, 0.717) is 13.0 Å². The summed E-state index contributed by atoms with van der Waals surface area (Å²) in [5.74, 6) is 0. The average molecular weight is 292 g/mol. The Morgan fingerprint density at radius 3 is 2.81 bits per heavy atom. The summed E-state index contributed by atoms with van der Waals surface area (Å²) in [6.07, 6.45) is -1.21. The number of azide groups is 1. The molecule has 112 valence electrons. The Labute approximate surface area is 122 Å². The standard InChI is InChI=1S/C14H17FN4O2/c15-12-6-8-19(9-7-13(12)17-18-16)14(20)21-10-11-4-2-1-3-5-11/h1-5,12-13H,6-10H2. The molecule has 2 unspecified atom stereocenters. The van der Waals surface area contributed by atoms with E-state index in [0.717, 1.165) is 5.56 Å². The highest BCUT2D eigenvalue weighted by atomic mass is 19.1. The van der Waals surface area contributed by atoms with Gasteiger partial charge in [0, 0.05) is 18.0 Å². The lowest BCUT2D eigenvalue weighted by Gasteiger charge is -2.19. The molecule has 0 aromatic heterocycles. The van der Waals surface area contributed by atoms with Gasteiger partial charge in [-0.15, -0.1) is 0 Å². The zero-order chi connectivity index (χ0) is 15.1. The third-order valence-electron chi connectivity index (χ3n) is 3.45. The summed E-state index contributed by atoms with van der Waals surface area (Å²) >= 11 is 0. The number of rotatable bonds is 3. The van der Waals surface area contributed by atoms with Crippen LogP contribution in [0.2, 0.25) is 0 Å². The van der Waals surface area contributed by atoms with E-state index < -0.39 is 18.3 Å². The average Bonchev–Trinajstić information content (AvgIpc) is 2.69. The number of amides is 1. The third-order valence-corrected chi connectivity index (χ3v) is 3.45. The summed E-state index contributed by atoms with van der Waals surface area (Å²) in [4.78, 5) is 16.1. The van der Waals surface area contributed by atoms with E-state index in [-0.39, 0.29) is 19.6 Å². The Kier molecular flexibility index (Phi) is 5.40. The predicted octanol–water partition coefficient (Wildman–Crippen LogP) is 3.44. The van der Waals surface area contributed by atoms with Crippen LogP contribution >= 0.6 is 0 Å². The Morgan fingerprint density at radius 1 is 1.38 bits per heavy atom. The van der Waals surface area contributed by atoms with Crippen molar-refractivity contribution in [3.63, 3.8) is 0 Å². The molecule has 1 fully saturated rings. The highest BCUT2D eigenvalue weighted by Crippen LogP contribution is 2.19. The van der Waals surface area contributed by atoms with Crippen molar-refractivity contribution in [2.24, 2.45) is 5.11 Å². The minimum Gasteiger partial charge on any atom is -0.445 e. The maximum absolute atomic E-state index is 13.7.